The van der Waals surface area contributed by atoms with Crippen LogP contribution in [0.3, 0.4) is 0 Å². The number of carbonyl (C=O) groups excluding carboxylic acids is 1. The van der Waals surface area contributed by atoms with Crippen LogP contribution in [0.25, 0.3) is 0 Å². The number of alkyl halides is 1. The van der Waals surface area contributed by atoms with E-state index in [4.69, 9.17) is 21.4 Å². The van der Waals surface area contributed by atoms with Crippen molar-refractivity contribution in [2.75, 3.05) is 12.5 Å². The Morgan fingerprint density at radius 1 is 1.43 bits per heavy atom. The number of amides is 1. The summed E-state index contributed by atoms with van der Waals surface area (Å²) in [5, 5.41) is 29.6. The lowest BCUT2D eigenvalue weighted by Gasteiger charge is -2.15. The molecule has 1 heterocycles. The van der Waals surface area contributed by atoms with Crippen molar-refractivity contribution in [1.82, 2.24) is 5.32 Å². The fraction of sp³-hybridized carbons (Fsp3) is 0.857. The Balaban J connectivity index is 2.52. The number of hydrogen-bond donors (Lipinski definition) is 4. The molecule has 0 radical (unpaired) electrons. The molecule has 0 saturated carbocycles. The lowest BCUT2D eigenvalue weighted by molar-refractivity contribution is -0.125. The molecule has 0 aliphatic carbocycles. The molecule has 0 unspecified atom stereocenters. The lowest BCUT2D eigenvalue weighted by atomic mass is 10.1. The highest BCUT2D eigenvalue weighted by Crippen LogP contribution is 2.19. The monoisotopic (exact) mass is 225 g/mol. The Bertz CT molecular complexity index is 214. The minimum Gasteiger partial charge on any atom is -0.394 e. The fourth-order valence-electron chi connectivity index (χ4n) is 1.22. The molecule has 7 heteroatoms. The van der Waals surface area contributed by atoms with E-state index in [1.54, 1.807) is 0 Å². The van der Waals surface area contributed by atoms with Crippen LogP contribution in [0.2, 0.25) is 0 Å². The molecule has 1 fully saturated rings. The Labute approximate surface area is 85.4 Å². The van der Waals surface area contributed by atoms with Gasteiger partial charge in [-0.1, -0.05) is 0 Å². The molecular weight excluding hydrogens is 214 g/mol. The molecule has 1 aliphatic rings. The van der Waals surface area contributed by atoms with Crippen LogP contribution in [0.5, 0.6) is 0 Å². The predicted octanol–water partition coefficient (Wildman–Crippen LogP) is -2.22. The van der Waals surface area contributed by atoms with Gasteiger partial charge < -0.3 is 25.4 Å². The quantitative estimate of drug-likeness (QED) is 0.408. The molecule has 4 atom stereocenters. The highest BCUT2D eigenvalue weighted by molar-refractivity contribution is 6.27. The van der Waals surface area contributed by atoms with Crippen LogP contribution in [0.4, 0.5) is 0 Å². The molecule has 0 aromatic rings. The first-order valence-electron chi connectivity index (χ1n) is 4.08. The van der Waals surface area contributed by atoms with E-state index < -0.39 is 37.1 Å². The Morgan fingerprint density at radius 2 is 2.07 bits per heavy atom. The van der Waals surface area contributed by atoms with Gasteiger partial charge in [-0.15, -0.1) is 11.6 Å². The second-order valence-electron chi connectivity index (χ2n) is 2.96. The van der Waals surface area contributed by atoms with Gasteiger partial charge in [-0.3, -0.25) is 4.79 Å². The van der Waals surface area contributed by atoms with Crippen LogP contribution in [-0.2, 0) is 9.53 Å². The van der Waals surface area contributed by atoms with Crippen molar-refractivity contribution in [1.29, 1.82) is 0 Å². The number of hydrogen-bond acceptors (Lipinski definition) is 5. The number of halogens is 1. The van der Waals surface area contributed by atoms with Crippen molar-refractivity contribution < 1.29 is 24.9 Å². The third-order valence-corrected chi connectivity index (χ3v) is 2.21. The van der Waals surface area contributed by atoms with Crippen molar-refractivity contribution in [3.8, 4) is 0 Å². The second-order valence-corrected chi connectivity index (χ2v) is 3.23. The maximum Gasteiger partial charge on any atom is 0.236 e. The standard InChI is InChI=1S/C7H12ClNO5/c8-1-4(11)9-7-6(13)5(12)3(2-10)14-7/h3,5-7,10,12-13H,1-2H2,(H,9,11)/t3-,5-,6+,7+/m0/s1. The third-order valence-electron chi connectivity index (χ3n) is 1.97. The number of aliphatic hydroxyl groups is 3. The fourth-order valence-corrected chi connectivity index (χ4v) is 1.29. The summed E-state index contributed by atoms with van der Waals surface area (Å²) in [6, 6.07) is 0. The van der Waals surface area contributed by atoms with Gasteiger partial charge in [0.05, 0.1) is 6.61 Å². The SMILES string of the molecule is O=C(CCl)N[C@@H]1O[C@@H](CO)[C@H](O)[C@H]1O. The van der Waals surface area contributed by atoms with E-state index in [0.29, 0.717) is 0 Å². The number of rotatable bonds is 3. The van der Waals surface area contributed by atoms with Crippen LogP contribution in [0, 0.1) is 0 Å². The zero-order valence-electron chi connectivity index (χ0n) is 7.26. The van der Waals surface area contributed by atoms with Crippen molar-refractivity contribution >= 4 is 17.5 Å². The second kappa shape index (κ2) is 4.90. The van der Waals surface area contributed by atoms with E-state index in [0.717, 1.165) is 0 Å². The number of carbonyl (C=O) groups is 1. The smallest absolute Gasteiger partial charge is 0.236 e. The Kier molecular flexibility index (Phi) is 4.09. The summed E-state index contributed by atoms with van der Waals surface area (Å²) in [5.41, 5.74) is 0. The van der Waals surface area contributed by atoms with E-state index in [1.807, 2.05) is 0 Å². The normalized spacial score (nSPS) is 37.1. The van der Waals surface area contributed by atoms with Crippen molar-refractivity contribution in [2.45, 2.75) is 24.5 Å². The van der Waals surface area contributed by atoms with Crippen LogP contribution < -0.4 is 5.32 Å². The minimum absolute atomic E-state index is 0.257. The van der Waals surface area contributed by atoms with Crippen molar-refractivity contribution in [3.05, 3.63) is 0 Å². The van der Waals surface area contributed by atoms with Gasteiger partial charge in [0.15, 0.2) is 6.23 Å². The average molecular weight is 226 g/mol. The third kappa shape index (κ3) is 2.34. The molecule has 6 nitrogen and oxygen atoms in total. The maximum absolute atomic E-state index is 10.8. The van der Waals surface area contributed by atoms with Crippen molar-refractivity contribution in [3.63, 3.8) is 0 Å². The Hall–Kier alpha value is -0.400. The summed E-state index contributed by atoms with van der Waals surface area (Å²) in [5.74, 6) is -0.770. The summed E-state index contributed by atoms with van der Waals surface area (Å²) in [7, 11) is 0. The summed E-state index contributed by atoms with van der Waals surface area (Å²) < 4.78 is 4.97. The van der Waals surface area contributed by atoms with Crippen LogP contribution in [-0.4, -0.2) is 58.3 Å². The molecule has 4 N–H and O–H groups in total. The molecule has 0 bridgehead atoms. The van der Waals surface area contributed by atoms with Gasteiger partial charge in [-0.2, -0.15) is 0 Å². The molecule has 0 aromatic carbocycles. The first-order valence-corrected chi connectivity index (χ1v) is 4.61. The zero-order valence-corrected chi connectivity index (χ0v) is 8.02. The summed E-state index contributed by atoms with van der Waals surface area (Å²) in [6.07, 6.45) is -4.36. The highest BCUT2D eigenvalue weighted by atomic mass is 35.5. The molecule has 1 saturated heterocycles. The summed E-state index contributed by atoms with van der Waals surface area (Å²) in [6.45, 7) is -0.425. The largest absolute Gasteiger partial charge is 0.394 e. The van der Waals surface area contributed by atoms with Gasteiger partial charge in [-0.05, 0) is 0 Å². The number of nitrogens with one attached hydrogen (secondary N) is 1. The van der Waals surface area contributed by atoms with Gasteiger partial charge in [0, 0.05) is 0 Å². The van der Waals surface area contributed by atoms with Gasteiger partial charge in [0.25, 0.3) is 0 Å². The van der Waals surface area contributed by atoms with E-state index >= 15 is 0 Å². The molecule has 1 aliphatic heterocycles. The average Bonchev–Trinajstić information content (AvgIpc) is 2.45. The molecule has 1 rings (SSSR count). The molecule has 14 heavy (non-hydrogen) atoms. The minimum atomic E-state index is -1.25. The van der Waals surface area contributed by atoms with Crippen molar-refractivity contribution in [2.24, 2.45) is 0 Å². The van der Waals surface area contributed by atoms with Gasteiger partial charge >= 0.3 is 0 Å². The van der Waals surface area contributed by atoms with Crippen LogP contribution in [0.1, 0.15) is 0 Å². The molecule has 82 valence electrons. The first kappa shape index (κ1) is 11.7. The van der Waals surface area contributed by atoms with E-state index in [9.17, 15) is 15.0 Å². The molecular formula is C7H12ClNO5. The number of ether oxygens (including phenoxy) is 1. The zero-order chi connectivity index (χ0) is 10.7. The van der Waals surface area contributed by atoms with E-state index in [1.165, 1.54) is 0 Å². The van der Waals surface area contributed by atoms with E-state index in [2.05, 4.69) is 5.32 Å². The van der Waals surface area contributed by atoms with Crippen LogP contribution in [0.15, 0.2) is 0 Å². The first-order chi connectivity index (χ1) is 6.60. The Morgan fingerprint density at radius 3 is 2.50 bits per heavy atom. The molecule has 1 amide bonds. The molecule has 0 spiro atoms. The lowest BCUT2D eigenvalue weighted by Crippen LogP contribution is -2.44. The molecule has 0 aromatic heterocycles. The van der Waals surface area contributed by atoms with Gasteiger partial charge in [-0.25, -0.2) is 0 Å². The highest BCUT2D eigenvalue weighted by Gasteiger charge is 2.42. The van der Waals surface area contributed by atoms with Crippen LogP contribution >= 0.6 is 11.6 Å². The summed E-state index contributed by atoms with van der Waals surface area (Å²) >= 11 is 5.22. The number of aliphatic hydroxyl groups excluding tert-OH is 3. The predicted molar refractivity (Wildman–Crippen MR) is 46.6 cm³/mol. The van der Waals surface area contributed by atoms with Gasteiger partial charge in [0.2, 0.25) is 5.91 Å². The maximum atomic E-state index is 10.8. The van der Waals surface area contributed by atoms with E-state index in [-0.39, 0.29) is 5.88 Å². The topological polar surface area (TPSA) is 99.0 Å². The summed E-state index contributed by atoms with van der Waals surface area (Å²) in [4.78, 5) is 10.8. The van der Waals surface area contributed by atoms with Gasteiger partial charge in [0.1, 0.15) is 24.2 Å².